The molecule has 0 saturated heterocycles. The molecule has 128 valence electrons. The molecule has 0 aromatic heterocycles. The highest BCUT2D eigenvalue weighted by molar-refractivity contribution is 5.90. The lowest BCUT2D eigenvalue weighted by Crippen LogP contribution is -2.25. The summed E-state index contributed by atoms with van der Waals surface area (Å²) in [6.45, 7) is 5.37. The first kappa shape index (κ1) is 18.3. The number of benzene rings is 2. The standard InChI is InChI=1S/C21H21NO3/c1-21(2,3)20(23)25-18-11-10-15(13-19(18)24-4)12-17(14-22)16-8-6-5-7-9-16/h5-13H,1-4H3/b17-12+. The number of nitrogens with zero attached hydrogens (tertiary/aromatic N) is 1. The molecule has 4 nitrogen and oxygen atoms in total. The third-order valence-corrected chi connectivity index (χ3v) is 3.52. The third kappa shape index (κ3) is 4.71. The Kier molecular flexibility index (Phi) is 5.61. The number of allylic oxidation sites excluding steroid dienone is 1. The van der Waals surface area contributed by atoms with E-state index in [-0.39, 0.29) is 5.97 Å². The Morgan fingerprint density at radius 3 is 2.32 bits per heavy atom. The SMILES string of the molecule is COc1cc(/C=C(\C#N)c2ccccc2)ccc1OC(=O)C(C)(C)C. The van der Waals surface area contributed by atoms with Crippen molar-refractivity contribution < 1.29 is 14.3 Å². The summed E-state index contributed by atoms with van der Waals surface area (Å²) < 4.78 is 10.8. The molecule has 0 saturated carbocycles. The van der Waals surface area contributed by atoms with Gasteiger partial charge >= 0.3 is 5.97 Å². The molecule has 2 rings (SSSR count). The minimum atomic E-state index is -0.606. The van der Waals surface area contributed by atoms with Crippen LogP contribution in [0.4, 0.5) is 0 Å². The van der Waals surface area contributed by atoms with E-state index >= 15 is 0 Å². The van der Waals surface area contributed by atoms with E-state index < -0.39 is 5.41 Å². The molecule has 0 aliphatic heterocycles. The normalized spacial score (nSPS) is 11.6. The van der Waals surface area contributed by atoms with Gasteiger partial charge < -0.3 is 9.47 Å². The fourth-order valence-electron chi connectivity index (χ4n) is 2.08. The van der Waals surface area contributed by atoms with Crippen molar-refractivity contribution in [1.82, 2.24) is 0 Å². The molecule has 0 heterocycles. The Bertz CT molecular complexity index is 824. The van der Waals surface area contributed by atoms with Gasteiger partial charge in [-0.25, -0.2) is 0 Å². The van der Waals surface area contributed by atoms with Gasteiger partial charge in [-0.05, 0) is 50.1 Å². The molecule has 25 heavy (non-hydrogen) atoms. The predicted molar refractivity (Wildman–Crippen MR) is 98.0 cm³/mol. The zero-order valence-corrected chi connectivity index (χ0v) is 14.9. The molecule has 0 amide bonds. The average Bonchev–Trinajstić information content (AvgIpc) is 2.60. The highest BCUT2D eigenvalue weighted by atomic mass is 16.6. The maximum atomic E-state index is 12.1. The van der Waals surface area contributed by atoms with Crippen molar-refractivity contribution in [2.24, 2.45) is 5.41 Å². The van der Waals surface area contributed by atoms with Gasteiger partial charge in [0.25, 0.3) is 0 Å². The number of hydrogen-bond donors (Lipinski definition) is 0. The van der Waals surface area contributed by atoms with E-state index in [4.69, 9.17) is 9.47 Å². The zero-order chi connectivity index (χ0) is 18.4. The molecule has 0 bridgehead atoms. The number of ether oxygens (including phenoxy) is 2. The van der Waals surface area contributed by atoms with E-state index in [1.54, 1.807) is 45.0 Å². The second-order valence-corrected chi connectivity index (χ2v) is 6.59. The fourth-order valence-corrected chi connectivity index (χ4v) is 2.08. The van der Waals surface area contributed by atoms with Crippen LogP contribution < -0.4 is 9.47 Å². The van der Waals surface area contributed by atoms with Crippen LogP contribution in [0.2, 0.25) is 0 Å². The Labute approximate surface area is 148 Å². The highest BCUT2D eigenvalue weighted by Crippen LogP contribution is 2.31. The van der Waals surface area contributed by atoms with Gasteiger partial charge in [0.2, 0.25) is 0 Å². The number of esters is 1. The first-order chi connectivity index (χ1) is 11.8. The van der Waals surface area contributed by atoms with Gasteiger partial charge in [-0.2, -0.15) is 5.26 Å². The summed E-state index contributed by atoms with van der Waals surface area (Å²) in [6.07, 6.45) is 1.77. The number of nitriles is 1. The van der Waals surface area contributed by atoms with Crippen molar-refractivity contribution in [1.29, 1.82) is 5.26 Å². The molecule has 0 N–H and O–H groups in total. The molecule has 2 aromatic rings. The summed E-state index contributed by atoms with van der Waals surface area (Å²) in [5.41, 5.74) is 1.56. The van der Waals surface area contributed by atoms with Crippen molar-refractivity contribution >= 4 is 17.6 Å². The van der Waals surface area contributed by atoms with Crippen molar-refractivity contribution in [3.63, 3.8) is 0 Å². The van der Waals surface area contributed by atoms with E-state index in [9.17, 15) is 10.1 Å². The number of carbonyl (C=O) groups excluding carboxylic acids is 1. The number of rotatable bonds is 4. The largest absolute Gasteiger partial charge is 0.493 e. The zero-order valence-electron chi connectivity index (χ0n) is 14.9. The molecular formula is C21H21NO3. The third-order valence-electron chi connectivity index (χ3n) is 3.52. The van der Waals surface area contributed by atoms with E-state index in [0.717, 1.165) is 11.1 Å². The van der Waals surface area contributed by atoms with E-state index in [1.807, 2.05) is 30.3 Å². The molecule has 0 unspecified atom stereocenters. The van der Waals surface area contributed by atoms with Crippen molar-refractivity contribution in [3.05, 3.63) is 59.7 Å². The smallest absolute Gasteiger partial charge is 0.316 e. The maximum absolute atomic E-state index is 12.1. The van der Waals surface area contributed by atoms with Gasteiger partial charge in [0, 0.05) is 0 Å². The van der Waals surface area contributed by atoms with Crippen LogP contribution in [0.1, 0.15) is 31.9 Å². The van der Waals surface area contributed by atoms with Crippen molar-refractivity contribution in [3.8, 4) is 17.6 Å². The monoisotopic (exact) mass is 335 g/mol. The van der Waals surface area contributed by atoms with E-state index in [0.29, 0.717) is 17.1 Å². The Morgan fingerprint density at radius 1 is 1.08 bits per heavy atom. The molecular weight excluding hydrogens is 314 g/mol. The molecule has 0 aliphatic rings. The Morgan fingerprint density at radius 2 is 1.76 bits per heavy atom. The second-order valence-electron chi connectivity index (χ2n) is 6.59. The van der Waals surface area contributed by atoms with Gasteiger partial charge in [0.15, 0.2) is 11.5 Å². The Hall–Kier alpha value is -3.06. The minimum absolute atomic E-state index is 0.337. The lowest BCUT2D eigenvalue weighted by molar-refractivity contribution is -0.143. The summed E-state index contributed by atoms with van der Waals surface area (Å²) >= 11 is 0. The molecule has 0 aliphatic carbocycles. The number of hydrogen-bond acceptors (Lipinski definition) is 4. The molecule has 2 aromatic carbocycles. The maximum Gasteiger partial charge on any atom is 0.316 e. The highest BCUT2D eigenvalue weighted by Gasteiger charge is 2.24. The molecule has 4 heteroatoms. The van der Waals surface area contributed by atoms with Crippen LogP contribution >= 0.6 is 0 Å². The number of carbonyl (C=O) groups is 1. The lowest BCUT2D eigenvalue weighted by atomic mass is 9.97. The van der Waals surface area contributed by atoms with Crippen LogP contribution in [0.25, 0.3) is 11.6 Å². The summed E-state index contributed by atoms with van der Waals surface area (Å²) in [4.78, 5) is 12.1. The van der Waals surface area contributed by atoms with Gasteiger partial charge in [0.05, 0.1) is 24.2 Å². The Balaban J connectivity index is 2.34. The second kappa shape index (κ2) is 7.67. The molecule has 0 radical (unpaired) electrons. The van der Waals surface area contributed by atoms with Gasteiger partial charge in [-0.15, -0.1) is 0 Å². The van der Waals surface area contributed by atoms with Gasteiger partial charge in [0.1, 0.15) is 0 Å². The van der Waals surface area contributed by atoms with Crippen LogP contribution in [0.15, 0.2) is 48.5 Å². The van der Waals surface area contributed by atoms with Crippen molar-refractivity contribution in [2.45, 2.75) is 20.8 Å². The quantitative estimate of drug-likeness (QED) is 0.351. The average molecular weight is 335 g/mol. The summed E-state index contributed by atoms with van der Waals surface area (Å²) in [6, 6.07) is 16.8. The predicted octanol–water partition coefficient (Wildman–Crippen LogP) is 4.71. The van der Waals surface area contributed by atoms with Crippen LogP contribution in [0, 0.1) is 16.7 Å². The van der Waals surface area contributed by atoms with E-state index in [2.05, 4.69) is 6.07 Å². The van der Waals surface area contributed by atoms with E-state index in [1.165, 1.54) is 7.11 Å². The summed E-state index contributed by atoms with van der Waals surface area (Å²) in [5, 5.41) is 9.41. The van der Waals surface area contributed by atoms with Crippen LogP contribution in [-0.4, -0.2) is 13.1 Å². The summed E-state index contributed by atoms with van der Waals surface area (Å²) in [5.74, 6) is 0.464. The first-order valence-corrected chi connectivity index (χ1v) is 7.92. The molecule has 0 atom stereocenters. The fraction of sp³-hybridized carbons (Fsp3) is 0.238. The molecule has 0 spiro atoms. The van der Waals surface area contributed by atoms with Crippen LogP contribution in [-0.2, 0) is 4.79 Å². The van der Waals surface area contributed by atoms with Crippen molar-refractivity contribution in [2.75, 3.05) is 7.11 Å². The van der Waals surface area contributed by atoms with Gasteiger partial charge in [-0.3, -0.25) is 4.79 Å². The summed E-state index contributed by atoms with van der Waals surface area (Å²) in [7, 11) is 1.51. The lowest BCUT2D eigenvalue weighted by Gasteiger charge is -2.17. The van der Waals surface area contributed by atoms with Crippen LogP contribution in [0.3, 0.4) is 0 Å². The minimum Gasteiger partial charge on any atom is -0.493 e. The number of methoxy groups -OCH3 is 1. The first-order valence-electron chi connectivity index (χ1n) is 7.92. The van der Waals surface area contributed by atoms with Crippen LogP contribution in [0.5, 0.6) is 11.5 Å². The topological polar surface area (TPSA) is 59.3 Å². The van der Waals surface area contributed by atoms with Gasteiger partial charge in [-0.1, -0.05) is 36.4 Å². The molecule has 0 fully saturated rings.